The van der Waals surface area contributed by atoms with Gasteiger partial charge in [0.2, 0.25) is 0 Å². The molecule has 0 spiro atoms. The highest BCUT2D eigenvalue weighted by Crippen LogP contribution is 2.28. The molecule has 15 heavy (non-hydrogen) atoms. The Morgan fingerprint density at radius 3 is 2.73 bits per heavy atom. The lowest BCUT2D eigenvalue weighted by Gasteiger charge is -2.27. The van der Waals surface area contributed by atoms with Gasteiger partial charge in [0.15, 0.2) is 0 Å². The smallest absolute Gasteiger partial charge is 0.0261 e. The first-order chi connectivity index (χ1) is 7.20. The van der Waals surface area contributed by atoms with Crippen molar-refractivity contribution in [3.8, 4) is 0 Å². The highest BCUT2D eigenvalue weighted by molar-refractivity contribution is 6.18. The number of nitrogens with zero attached hydrogens (tertiary/aromatic N) is 2. The van der Waals surface area contributed by atoms with Crippen molar-refractivity contribution in [3.63, 3.8) is 0 Å². The summed E-state index contributed by atoms with van der Waals surface area (Å²) in [4.78, 5) is 5.22. The van der Waals surface area contributed by atoms with Crippen LogP contribution in [0.25, 0.3) is 0 Å². The monoisotopic (exact) mass is 230 g/mol. The normalized spacial score (nSPS) is 35.4. The van der Waals surface area contributed by atoms with E-state index in [9.17, 15) is 0 Å². The van der Waals surface area contributed by atoms with Gasteiger partial charge in [0.1, 0.15) is 0 Å². The first-order valence-electron chi connectivity index (χ1n) is 6.21. The molecule has 2 heterocycles. The Bertz CT molecular complexity index is 210. The molecule has 0 aromatic heterocycles. The van der Waals surface area contributed by atoms with Crippen molar-refractivity contribution < 1.29 is 0 Å². The minimum atomic E-state index is 0.633. The first kappa shape index (κ1) is 11.7. The molecule has 0 saturated carbocycles. The number of likely N-dealkylation sites (tertiary alicyclic amines) is 1. The summed E-state index contributed by atoms with van der Waals surface area (Å²) in [5.74, 6) is 1.43. The molecule has 2 nitrogen and oxygen atoms in total. The molecule has 0 N–H and O–H groups in total. The molecule has 0 aromatic rings. The minimum Gasteiger partial charge on any atom is -0.301 e. The molecular formula is C12H23ClN2. The lowest BCUT2D eigenvalue weighted by molar-refractivity contribution is 0.206. The summed E-state index contributed by atoms with van der Waals surface area (Å²) < 4.78 is 0. The summed E-state index contributed by atoms with van der Waals surface area (Å²) in [6, 6.07) is 1.66. The summed E-state index contributed by atoms with van der Waals surface area (Å²) in [5.41, 5.74) is 0. The van der Waals surface area contributed by atoms with E-state index in [0.29, 0.717) is 5.92 Å². The van der Waals surface area contributed by atoms with Gasteiger partial charge in [-0.15, -0.1) is 11.6 Å². The van der Waals surface area contributed by atoms with Crippen LogP contribution in [0.5, 0.6) is 0 Å². The van der Waals surface area contributed by atoms with E-state index < -0.39 is 0 Å². The number of alkyl halides is 1. The van der Waals surface area contributed by atoms with E-state index in [-0.39, 0.29) is 0 Å². The molecule has 3 unspecified atom stereocenters. The minimum absolute atomic E-state index is 0.633. The highest BCUT2D eigenvalue weighted by Gasteiger charge is 2.34. The molecule has 0 aliphatic carbocycles. The van der Waals surface area contributed by atoms with E-state index in [1.54, 1.807) is 0 Å². The average molecular weight is 231 g/mol. The Labute approximate surface area is 98.6 Å². The van der Waals surface area contributed by atoms with Crippen molar-refractivity contribution in [1.82, 2.24) is 9.80 Å². The van der Waals surface area contributed by atoms with E-state index in [2.05, 4.69) is 23.8 Å². The summed E-state index contributed by atoms with van der Waals surface area (Å²) in [5, 5.41) is 0. The molecule has 2 aliphatic rings. The third-order valence-electron chi connectivity index (χ3n) is 4.07. The molecule has 3 heteroatoms. The fraction of sp³-hybridized carbons (Fsp3) is 1.00. The van der Waals surface area contributed by atoms with Gasteiger partial charge in [-0.25, -0.2) is 0 Å². The fourth-order valence-electron chi connectivity index (χ4n) is 3.03. The van der Waals surface area contributed by atoms with Gasteiger partial charge >= 0.3 is 0 Å². The summed E-state index contributed by atoms with van der Waals surface area (Å²) in [6.07, 6.45) is 4.16. The number of halogens is 1. The van der Waals surface area contributed by atoms with Gasteiger partial charge < -0.3 is 4.90 Å². The van der Waals surface area contributed by atoms with E-state index in [1.165, 1.54) is 38.9 Å². The van der Waals surface area contributed by atoms with Crippen LogP contribution in [-0.4, -0.2) is 54.4 Å². The van der Waals surface area contributed by atoms with Crippen LogP contribution in [0, 0.1) is 5.92 Å². The van der Waals surface area contributed by atoms with Crippen LogP contribution in [0.4, 0.5) is 0 Å². The van der Waals surface area contributed by atoms with Crippen molar-refractivity contribution >= 4 is 11.6 Å². The lowest BCUT2D eigenvalue weighted by Crippen LogP contribution is -2.38. The first-order valence-corrected chi connectivity index (χ1v) is 6.74. The topological polar surface area (TPSA) is 6.48 Å². The molecule has 0 aromatic carbocycles. The molecule has 2 rings (SSSR count). The quantitative estimate of drug-likeness (QED) is 0.685. The van der Waals surface area contributed by atoms with Gasteiger partial charge in [-0.05, 0) is 38.8 Å². The zero-order valence-electron chi connectivity index (χ0n) is 9.95. The molecule has 2 bridgehead atoms. The maximum atomic E-state index is 5.88. The highest BCUT2D eigenvalue weighted by atomic mass is 35.5. The number of fused-ring (bicyclic) bond motifs is 2. The van der Waals surface area contributed by atoms with Crippen molar-refractivity contribution in [2.24, 2.45) is 5.92 Å². The maximum Gasteiger partial charge on any atom is 0.0261 e. The predicted octanol–water partition coefficient (Wildman–Crippen LogP) is 2.03. The van der Waals surface area contributed by atoms with E-state index >= 15 is 0 Å². The predicted molar refractivity (Wildman–Crippen MR) is 65.5 cm³/mol. The molecule has 2 saturated heterocycles. The maximum absolute atomic E-state index is 5.88. The number of rotatable bonds is 3. The van der Waals surface area contributed by atoms with Gasteiger partial charge in [0, 0.05) is 31.1 Å². The van der Waals surface area contributed by atoms with Crippen LogP contribution in [0.1, 0.15) is 26.2 Å². The van der Waals surface area contributed by atoms with Crippen molar-refractivity contribution in [3.05, 3.63) is 0 Å². The lowest BCUT2D eigenvalue weighted by atomic mass is 10.1. The Morgan fingerprint density at radius 1 is 1.27 bits per heavy atom. The second kappa shape index (κ2) is 5.03. The average Bonchev–Trinajstić information content (AvgIpc) is 2.46. The van der Waals surface area contributed by atoms with Crippen molar-refractivity contribution in [2.75, 3.05) is 32.6 Å². The standard InChI is InChI=1S/C12H23ClN2/c1-10(7-13)8-15-6-5-11-3-4-12(9-15)14(11)2/h10-12H,3-9H2,1-2H3. The number of hydrogen-bond donors (Lipinski definition) is 0. The molecule has 0 radical (unpaired) electrons. The van der Waals surface area contributed by atoms with E-state index in [4.69, 9.17) is 11.6 Å². The summed E-state index contributed by atoms with van der Waals surface area (Å²) in [6.45, 7) is 5.96. The molecule has 3 atom stereocenters. The van der Waals surface area contributed by atoms with Gasteiger partial charge in [-0.2, -0.15) is 0 Å². The van der Waals surface area contributed by atoms with Crippen LogP contribution in [0.2, 0.25) is 0 Å². The van der Waals surface area contributed by atoms with Gasteiger partial charge in [-0.3, -0.25) is 4.90 Å². The zero-order valence-corrected chi connectivity index (χ0v) is 10.7. The van der Waals surface area contributed by atoms with Crippen LogP contribution in [-0.2, 0) is 0 Å². The molecule has 2 fully saturated rings. The van der Waals surface area contributed by atoms with Gasteiger partial charge in [-0.1, -0.05) is 6.92 Å². The second-order valence-electron chi connectivity index (χ2n) is 5.36. The van der Waals surface area contributed by atoms with Crippen LogP contribution < -0.4 is 0 Å². The Kier molecular flexibility index (Phi) is 3.92. The summed E-state index contributed by atoms with van der Waals surface area (Å²) >= 11 is 5.88. The second-order valence-corrected chi connectivity index (χ2v) is 5.67. The van der Waals surface area contributed by atoms with Crippen molar-refractivity contribution in [1.29, 1.82) is 0 Å². The number of hydrogen-bond acceptors (Lipinski definition) is 2. The molecule has 2 aliphatic heterocycles. The molecule has 88 valence electrons. The Hall–Kier alpha value is 0.210. The van der Waals surface area contributed by atoms with Crippen molar-refractivity contribution in [2.45, 2.75) is 38.3 Å². The third-order valence-corrected chi connectivity index (χ3v) is 4.59. The van der Waals surface area contributed by atoms with Crippen LogP contribution in [0.15, 0.2) is 0 Å². The van der Waals surface area contributed by atoms with Crippen LogP contribution >= 0.6 is 11.6 Å². The SMILES string of the molecule is CC(CCl)CN1CCC2CCC(C1)N2C. The van der Waals surface area contributed by atoms with E-state index in [0.717, 1.165) is 18.0 Å². The van der Waals surface area contributed by atoms with Gasteiger partial charge in [0.05, 0.1) is 0 Å². The summed E-state index contributed by atoms with van der Waals surface area (Å²) in [7, 11) is 2.30. The third kappa shape index (κ3) is 2.66. The molecule has 0 amide bonds. The number of likely N-dealkylation sites (N-methyl/N-ethyl adjacent to an activating group) is 1. The van der Waals surface area contributed by atoms with Gasteiger partial charge in [0.25, 0.3) is 0 Å². The Morgan fingerprint density at radius 2 is 2.00 bits per heavy atom. The zero-order chi connectivity index (χ0) is 10.8. The van der Waals surface area contributed by atoms with E-state index in [1.807, 2.05) is 0 Å². The Balaban J connectivity index is 1.89. The fourth-order valence-corrected chi connectivity index (χ4v) is 3.13. The molecular weight excluding hydrogens is 208 g/mol. The van der Waals surface area contributed by atoms with Crippen LogP contribution in [0.3, 0.4) is 0 Å². The largest absolute Gasteiger partial charge is 0.301 e.